The van der Waals surface area contributed by atoms with Crippen molar-refractivity contribution in [2.75, 3.05) is 50.8 Å². The van der Waals surface area contributed by atoms with Crippen LogP contribution in [0.1, 0.15) is 22.3 Å². The molecular formula is C23H29N3O4S. The second-order valence-electron chi connectivity index (χ2n) is 8.14. The third kappa shape index (κ3) is 4.92. The molecule has 1 amide bonds. The highest BCUT2D eigenvalue weighted by Crippen LogP contribution is 2.24. The minimum absolute atomic E-state index is 0.154. The summed E-state index contributed by atoms with van der Waals surface area (Å²) < 4.78 is 32.6. The van der Waals surface area contributed by atoms with Crippen LogP contribution in [0.2, 0.25) is 0 Å². The van der Waals surface area contributed by atoms with Crippen LogP contribution in [-0.2, 0) is 14.8 Å². The van der Waals surface area contributed by atoms with Crippen LogP contribution < -0.4 is 10.2 Å². The molecule has 0 bridgehead atoms. The van der Waals surface area contributed by atoms with Gasteiger partial charge in [0.25, 0.3) is 5.91 Å². The van der Waals surface area contributed by atoms with Crippen molar-refractivity contribution in [1.29, 1.82) is 0 Å². The number of ether oxygens (including phenoxy) is 1. The van der Waals surface area contributed by atoms with E-state index in [1.165, 1.54) is 16.1 Å². The minimum Gasteiger partial charge on any atom is -0.379 e. The van der Waals surface area contributed by atoms with Crippen LogP contribution in [0.15, 0.2) is 53.4 Å². The molecule has 8 heteroatoms. The number of nitrogens with one attached hydrogen (secondary N) is 1. The van der Waals surface area contributed by atoms with Gasteiger partial charge in [-0.25, -0.2) is 8.42 Å². The average molecular weight is 444 g/mol. The van der Waals surface area contributed by atoms with Gasteiger partial charge in [0, 0.05) is 44.0 Å². The zero-order chi connectivity index (χ0) is 21.8. The molecule has 0 saturated carbocycles. The van der Waals surface area contributed by atoms with Crippen LogP contribution in [0, 0.1) is 12.8 Å². The van der Waals surface area contributed by atoms with Gasteiger partial charge in [-0.1, -0.05) is 24.3 Å². The molecule has 2 aliphatic heterocycles. The summed E-state index contributed by atoms with van der Waals surface area (Å²) in [6.07, 6.45) is 1.01. The normalized spacial score (nSPS) is 20.0. The fourth-order valence-electron chi connectivity index (χ4n) is 4.15. The van der Waals surface area contributed by atoms with Crippen LogP contribution in [0.4, 0.5) is 5.69 Å². The van der Waals surface area contributed by atoms with Gasteiger partial charge in [-0.3, -0.25) is 4.79 Å². The van der Waals surface area contributed by atoms with Gasteiger partial charge in [-0.15, -0.1) is 0 Å². The number of carbonyl (C=O) groups is 1. The Bertz CT molecular complexity index is 1020. The van der Waals surface area contributed by atoms with Gasteiger partial charge < -0.3 is 15.0 Å². The van der Waals surface area contributed by atoms with Crippen molar-refractivity contribution in [3.63, 3.8) is 0 Å². The zero-order valence-electron chi connectivity index (χ0n) is 17.8. The topological polar surface area (TPSA) is 78.9 Å². The van der Waals surface area contributed by atoms with E-state index in [4.69, 9.17) is 4.74 Å². The summed E-state index contributed by atoms with van der Waals surface area (Å²) in [5.41, 5.74) is 2.37. The van der Waals surface area contributed by atoms with E-state index in [0.29, 0.717) is 44.3 Å². The maximum absolute atomic E-state index is 12.9. The number of hydrogen-bond acceptors (Lipinski definition) is 5. The summed E-state index contributed by atoms with van der Waals surface area (Å²) >= 11 is 0. The maximum atomic E-state index is 12.9. The summed E-state index contributed by atoms with van der Waals surface area (Å²) in [5, 5.41) is 3.02. The molecule has 2 heterocycles. The van der Waals surface area contributed by atoms with E-state index >= 15 is 0 Å². The Labute approximate surface area is 184 Å². The van der Waals surface area contributed by atoms with E-state index in [-0.39, 0.29) is 10.8 Å². The summed E-state index contributed by atoms with van der Waals surface area (Å²) in [6.45, 7) is 5.70. The number of carbonyl (C=O) groups excluding carboxylic acids is 1. The highest BCUT2D eigenvalue weighted by atomic mass is 32.2. The van der Waals surface area contributed by atoms with E-state index < -0.39 is 10.0 Å². The second kappa shape index (κ2) is 9.38. The van der Waals surface area contributed by atoms with Gasteiger partial charge in [0.1, 0.15) is 0 Å². The number of morpholine rings is 1. The van der Waals surface area contributed by atoms with Gasteiger partial charge >= 0.3 is 0 Å². The molecule has 7 nitrogen and oxygen atoms in total. The second-order valence-corrected chi connectivity index (χ2v) is 10.1. The number of rotatable bonds is 6. The van der Waals surface area contributed by atoms with Crippen molar-refractivity contribution >= 4 is 21.6 Å². The lowest BCUT2D eigenvalue weighted by atomic mass is 10.1. The van der Waals surface area contributed by atoms with Crippen LogP contribution in [0.3, 0.4) is 0 Å². The molecule has 1 unspecified atom stereocenters. The molecule has 0 aromatic heterocycles. The Morgan fingerprint density at radius 1 is 1.10 bits per heavy atom. The van der Waals surface area contributed by atoms with Crippen molar-refractivity contribution in [2.24, 2.45) is 5.92 Å². The third-order valence-corrected chi connectivity index (χ3v) is 7.91. The van der Waals surface area contributed by atoms with Gasteiger partial charge in [0.2, 0.25) is 10.0 Å². The van der Waals surface area contributed by atoms with E-state index in [1.807, 2.05) is 25.1 Å². The lowest BCUT2D eigenvalue weighted by Crippen LogP contribution is -2.40. The van der Waals surface area contributed by atoms with Crippen molar-refractivity contribution < 1.29 is 17.9 Å². The first kappa shape index (κ1) is 21.8. The lowest BCUT2D eigenvalue weighted by Gasteiger charge is -2.26. The highest BCUT2D eigenvalue weighted by molar-refractivity contribution is 7.89. The molecule has 0 radical (unpaired) electrons. The van der Waals surface area contributed by atoms with Crippen molar-refractivity contribution in [3.8, 4) is 0 Å². The standard InChI is InChI=1S/C23H29N3O4S/c1-18-7-8-21(31(28,29)26-11-13-30-14-12-26)15-22(18)23(27)24-16-19-9-10-25(17-19)20-5-3-2-4-6-20/h2-8,15,19H,9-14,16-17H2,1H3,(H,24,27). The van der Waals surface area contributed by atoms with Crippen molar-refractivity contribution in [1.82, 2.24) is 9.62 Å². The van der Waals surface area contributed by atoms with Gasteiger partial charge in [-0.2, -0.15) is 4.31 Å². The van der Waals surface area contributed by atoms with Crippen LogP contribution in [0.5, 0.6) is 0 Å². The fourth-order valence-corrected chi connectivity index (χ4v) is 5.58. The molecule has 166 valence electrons. The SMILES string of the molecule is Cc1ccc(S(=O)(=O)N2CCOCC2)cc1C(=O)NCC1CCN(c2ccccc2)C1. The molecule has 31 heavy (non-hydrogen) atoms. The molecule has 2 aromatic carbocycles. The molecule has 1 atom stereocenters. The van der Waals surface area contributed by atoms with E-state index in [9.17, 15) is 13.2 Å². The molecule has 2 fully saturated rings. The summed E-state index contributed by atoms with van der Waals surface area (Å²) in [6, 6.07) is 15.1. The molecule has 1 N–H and O–H groups in total. The monoisotopic (exact) mass is 443 g/mol. The molecule has 2 saturated heterocycles. The first-order valence-electron chi connectivity index (χ1n) is 10.7. The summed E-state index contributed by atoms with van der Waals surface area (Å²) in [4.78, 5) is 15.4. The Morgan fingerprint density at radius 2 is 1.84 bits per heavy atom. The van der Waals surface area contributed by atoms with Crippen molar-refractivity contribution in [2.45, 2.75) is 18.2 Å². The first-order valence-corrected chi connectivity index (χ1v) is 12.2. The fraction of sp³-hybridized carbons (Fsp3) is 0.435. The first-order chi connectivity index (χ1) is 14.9. The Morgan fingerprint density at radius 3 is 2.58 bits per heavy atom. The number of para-hydroxylation sites is 1. The predicted molar refractivity (Wildman–Crippen MR) is 120 cm³/mol. The largest absolute Gasteiger partial charge is 0.379 e. The zero-order valence-corrected chi connectivity index (χ0v) is 18.6. The minimum atomic E-state index is -3.64. The van der Waals surface area contributed by atoms with Crippen LogP contribution >= 0.6 is 0 Å². The number of sulfonamides is 1. The Balaban J connectivity index is 1.40. The number of benzene rings is 2. The summed E-state index contributed by atoms with van der Waals surface area (Å²) in [7, 11) is -3.64. The van der Waals surface area contributed by atoms with Crippen LogP contribution in [0.25, 0.3) is 0 Å². The quantitative estimate of drug-likeness (QED) is 0.741. The Hall–Kier alpha value is -2.42. The molecule has 4 rings (SSSR count). The lowest BCUT2D eigenvalue weighted by molar-refractivity contribution is 0.0730. The molecule has 2 aliphatic rings. The Kier molecular flexibility index (Phi) is 6.60. The highest BCUT2D eigenvalue weighted by Gasteiger charge is 2.28. The number of aryl methyl sites for hydroxylation is 1. The van der Waals surface area contributed by atoms with Gasteiger partial charge in [0.05, 0.1) is 18.1 Å². The maximum Gasteiger partial charge on any atom is 0.251 e. The van der Waals surface area contributed by atoms with Gasteiger partial charge in [0.15, 0.2) is 0 Å². The smallest absolute Gasteiger partial charge is 0.251 e. The molecular weight excluding hydrogens is 414 g/mol. The van der Waals surface area contributed by atoms with E-state index in [2.05, 4.69) is 22.3 Å². The number of anilines is 1. The molecule has 0 aliphatic carbocycles. The van der Waals surface area contributed by atoms with E-state index in [1.54, 1.807) is 12.1 Å². The van der Waals surface area contributed by atoms with Gasteiger partial charge in [-0.05, 0) is 49.1 Å². The molecule has 2 aromatic rings. The average Bonchev–Trinajstić information content (AvgIpc) is 3.28. The molecule has 0 spiro atoms. The van der Waals surface area contributed by atoms with E-state index in [0.717, 1.165) is 25.1 Å². The van der Waals surface area contributed by atoms with Crippen molar-refractivity contribution in [3.05, 3.63) is 59.7 Å². The number of nitrogens with zero attached hydrogens (tertiary/aromatic N) is 2. The summed E-state index contributed by atoms with van der Waals surface area (Å²) in [5.74, 6) is 0.138. The third-order valence-electron chi connectivity index (χ3n) is 6.02. The predicted octanol–water partition coefficient (Wildman–Crippen LogP) is 2.27. The number of hydrogen-bond donors (Lipinski definition) is 1. The van der Waals surface area contributed by atoms with Crippen LogP contribution in [-0.4, -0.2) is 64.6 Å². The number of amides is 1.